The van der Waals surface area contributed by atoms with Crippen LogP contribution in [0.2, 0.25) is 5.02 Å². The molecule has 0 aromatic heterocycles. The standard InChI is InChI=1S/C17H19ClN2O3/c1-10(15(21)19-14-9-5-4-8-13(14)18)20-16(22)11-6-2-3-7-12(11)17(20)23/h4-5,8-12H,2-3,6-7H2,1H3,(H,19,21). The molecule has 122 valence electrons. The van der Waals surface area contributed by atoms with Gasteiger partial charge in [0.05, 0.1) is 22.5 Å². The lowest BCUT2D eigenvalue weighted by molar-refractivity contribution is -0.146. The normalized spacial score (nSPS) is 25.2. The van der Waals surface area contributed by atoms with Crippen LogP contribution in [0.25, 0.3) is 0 Å². The first kappa shape index (κ1) is 16.0. The lowest BCUT2D eigenvalue weighted by Crippen LogP contribution is -2.46. The lowest BCUT2D eigenvalue weighted by Gasteiger charge is -2.22. The summed E-state index contributed by atoms with van der Waals surface area (Å²) in [4.78, 5) is 38.6. The van der Waals surface area contributed by atoms with Gasteiger partial charge in [-0.05, 0) is 31.9 Å². The van der Waals surface area contributed by atoms with Gasteiger partial charge < -0.3 is 5.32 Å². The van der Waals surface area contributed by atoms with Crippen molar-refractivity contribution in [3.8, 4) is 0 Å². The number of imide groups is 1. The molecule has 2 aliphatic rings. The highest BCUT2D eigenvalue weighted by atomic mass is 35.5. The number of nitrogens with zero attached hydrogens (tertiary/aromatic N) is 1. The molecule has 0 radical (unpaired) electrons. The minimum atomic E-state index is -0.836. The van der Waals surface area contributed by atoms with Crippen molar-refractivity contribution >= 4 is 35.0 Å². The number of halogens is 1. The summed E-state index contributed by atoms with van der Waals surface area (Å²) in [7, 11) is 0. The number of amides is 3. The molecule has 1 aliphatic heterocycles. The fourth-order valence-corrected chi connectivity index (χ4v) is 3.67. The summed E-state index contributed by atoms with van der Waals surface area (Å²) in [6.07, 6.45) is 3.41. The Balaban J connectivity index is 1.76. The first-order valence-electron chi connectivity index (χ1n) is 7.93. The molecular weight excluding hydrogens is 316 g/mol. The van der Waals surface area contributed by atoms with Crippen LogP contribution in [0.4, 0.5) is 5.69 Å². The number of carbonyl (C=O) groups is 3. The summed E-state index contributed by atoms with van der Waals surface area (Å²) < 4.78 is 0. The second-order valence-corrected chi connectivity index (χ2v) is 6.60. The van der Waals surface area contributed by atoms with Crippen molar-refractivity contribution in [2.75, 3.05) is 5.32 Å². The van der Waals surface area contributed by atoms with Gasteiger partial charge in [-0.3, -0.25) is 19.3 Å². The van der Waals surface area contributed by atoms with Crippen LogP contribution in [0.15, 0.2) is 24.3 Å². The van der Waals surface area contributed by atoms with Gasteiger partial charge in [-0.1, -0.05) is 36.6 Å². The van der Waals surface area contributed by atoms with E-state index in [1.807, 2.05) is 0 Å². The van der Waals surface area contributed by atoms with E-state index >= 15 is 0 Å². The third-order valence-electron chi connectivity index (χ3n) is 4.77. The molecule has 1 aromatic rings. The van der Waals surface area contributed by atoms with Gasteiger partial charge in [-0.2, -0.15) is 0 Å². The van der Waals surface area contributed by atoms with Crippen LogP contribution < -0.4 is 5.32 Å². The van der Waals surface area contributed by atoms with Crippen molar-refractivity contribution in [3.05, 3.63) is 29.3 Å². The molecular formula is C17H19ClN2O3. The molecule has 1 saturated heterocycles. The van der Waals surface area contributed by atoms with E-state index in [9.17, 15) is 14.4 Å². The fourth-order valence-electron chi connectivity index (χ4n) is 3.49. The van der Waals surface area contributed by atoms with Crippen LogP contribution in [0, 0.1) is 11.8 Å². The molecule has 6 heteroatoms. The van der Waals surface area contributed by atoms with Crippen LogP contribution in [-0.4, -0.2) is 28.7 Å². The molecule has 3 unspecified atom stereocenters. The van der Waals surface area contributed by atoms with Crippen LogP contribution in [0.3, 0.4) is 0 Å². The molecule has 0 spiro atoms. The minimum Gasteiger partial charge on any atom is -0.323 e. The van der Waals surface area contributed by atoms with Crippen LogP contribution in [0.5, 0.6) is 0 Å². The molecule has 3 atom stereocenters. The van der Waals surface area contributed by atoms with Crippen molar-refractivity contribution in [1.29, 1.82) is 0 Å². The largest absolute Gasteiger partial charge is 0.323 e. The zero-order valence-corrected chi connectivity index (χ0v) is 13.7. The minimum absolute atomic E-state index is 0.207. The van der Waals surface area contributed by atoms with E-state index in [0.29, 0.717) is 10.7 Å². The van der Waals surface area contributed by atoms with Crippen LogP contribution in [0.1, 0.15) is 32.6 Å². The summed E-state index contributed by atoms with van der Waals surface area (Å²) in [5.74, 6) is -1.31. The maximum Gasteiger partial charge on any atom is 0.247 e. The number of para-hydroxylation sites is 1. The Hall–Kier alpha value is -1.88. The Labute approximate surface area is 140 Å². The number of carbonyl (C=O) groups excluding carboxylic acids is 3. The molecule has 3 amide bonds. The van der Waals surface area contributed by atoms with Crippen LogP contribution >= 0.6 is 11.6 Å². The fraction of sp³-hybridized carbons (Fsp3) is 0.471. The number of likely N-dealkylation sites (tertiary alicyclic amines) is 1. The van der Waals surface area contributed by atoms with E-state index in [4.69, 9.17) is 11.6 Å². The number of hydrogen-bond donors (Lipinski definition) is 1. The molecule has 1 N–H and O–H groups in total. The Bertz CT molecular complexity index is 637. The molecule has 1 aliphatic carbocycles. The Morgan fingerprint density at radius 2 is 1.74 bits per heavy atom. The van der Waals surface area contributed by atoms with Crippen molar-refractivity contribution < 1.29 is 14.4 Å². The molecule has 23 heavy (non-hydrogen) atoms. The van der Waals surface area contributed by atoms with E-state index in [0.717, 1.165) is 30.6 Å². The molecule has 5 nitrogen and oxygen atoms in total. The lowest BCUT2D eigenvalue weighted by atomic mass is 9.81. The zero-order chi connectivity index (χ0) is 16.6. The van der Waals surface area contributed by atoms with Gasteiger partial charge >= 0.3 is 0 Å². The number of benzene rings is 1. The molecule has 0 bridgehead atoms. The number of nitrogens with one attached hydrogen (secondary N) is 1. The topological polar surface area (TPSA) is 66.5 Å². The summed E-state index contributed by atoms with van der Waals surface area (Å²) in [5.41, 5.74) is 0.475. The van der Waals surface area contributed by atoms with Gasteiger partial charge in [-0.25, -0.2) is 0 Å². The van der Waals surface area contributed by atoms with E-state index in [1.54, 1.807) is 31.2 Å². The highest BCUT2D eigenvalue weighted by Crippen LogP contribution is 2.39. The van der Waals surface area contributed by atoms with E-state index < -0.39 is 11.9 Å². The molecule has 2 fully saturated rings. The van der Waals surface area contributed by atoms with Gasteiger partial charge in [0.15, 0.2) is 0 Å². The Kier molecular flexibility index (Phi) is 4.39. The molecule has 1 heterocycles. The molecule has 3 rings (SSSR count). The number of fused-ring (bicyclic) bond motifs is 1. The second-order valence-electron chi connectivity index (χ2n) is 6.19. The number of rotatable bonds is 3. The highest BCUT2D eigenvalue weighted by Gasteiger charge is 2.50. The summed E-state index contributed by atoms with van der Waals surface area (Å²) in [5, 5.41) is 3.11. The van der Waals surface area contributed by atoms with Gasteiger partial charge in [0, 0.05) is 0 Å². The van der Waals surface area contributed by atoms with Gasteiger partial charge in [0.2, 0.25) is 17.7 Å². The van der Waals surface area contributed by atoms with Crippen molar-refractivity contribution in [1.82, 2.24) is 4.90 Å². The third kappa shape index (κ3) is 2.85. The predicted octanol–water partition coefficient (Wildman–Crippen LogP) is 2.84. The average Bonchev–Trinajstić information content (AvgIpc) is 2.81. The average molecular weight is 335 g/mol. The first-order valence-corrected chi connectivity index (χ1v) is 8.31. The third-order valence-corrected chi connectivity index (χ3v) is 5.10. The zero-order valence-electron chi connectivity index (χ0n) is 12.9. The SMILES string of the molecule is CC(C(=O)Nc1ccccc1Cl)N1C(=O)C2CCCCC2C1=O. The number of anilines is 1. The first-order chi connectivity index (χ1) is 11.0. The van der Waals surface area contributed by atoms with E-state index in [2.05, 4.69) is 5.32 Å². The van der Waals surface area contributed by atoms with Crippen LogP contribution in [-0.2, 0) is 14.4 Å². The second kappa shape index (κ2) is 6.32. The van der Waals surface area contributed by atoms with Crippen molar-refractivity contribution in [3.63, 3.8) is 0 Å². The van der Waals surface area contributed by atoms with E-state index in [1.165, 1.54) is 0 Å². The van der Waals surface area contributed by atoms with Gasteiger partial charge in [-0.15, -0.1) is 0 Å². The smallest absolute Gasteiger partial charge is 0.247 e. The monoisotopic (exact) mass is 334 g/mol. The van der Waals surface area contributed by atoms with Crippen molar-refractivity contribution in [2.45, 2.75) is 38.6 Å². The quantitative estimate of drug-likeness (QED) is 0.864. The number of hydrogen-bond acceptors (Lipinski definition) is 3. The molecule has 1 saturated carbocycles. The van der Waals surface area contributed by atoms with Crippen molar-refractivity contribution in [2.24, 2.45) is 11.8 Å². The predicted molar refractivity (Wildman–Crippen MR) is 86.8 cm³/mol. The molecule has 1 aromatic carbocycles. The Morgan fingerprint density at radius 3 is 2.30 bits per heavy atom. The summed E-state index contributed by atoms with van der Waals surface area (Å²) >= 11 is 6.03. The van der Waals surface area contributed by atoms with Gasteiger partial charge in [0.1, 0.15) is 6.04 Å². The van der Waals surface area contributed by atoms with E-state index in [-0.39, 0.29) is 23.7 Å². The maximum atomic E-state index is 12.5. The van der Waals surface area contributed by atoms with Gasteiger partial charge in [0.25, 0.3) is 0 Å². The highest BCUT2D eigenvalue weighted by molar-refractivity contribution is 6.33. The summed E-state index contributed by atoms with van der Waals surface area (Å²) in [6, 6.07) is 6.03. The summed E-state index contributed by atoms with van der Waals surface area (Å²) in [6.45, 7) is 1.58. The Morgan fingerprint density at radius 1 is 1.17 bits per heavy atom. The maximum absolute atomic E-state index is 12.5.